The van der Waals surface area contributed by atoms with Gasteiger partial charge in [0.25, 0.3) is 0 Å². The summed E-state index contributed by atoms with van der Waals surface area (Å²) in [6.07, 6.45) is 1.54. The zero-order valence-corrected chi connectivity index (χ0v) is 6.02. The highest BCUT2D eigenvalue weighted by Crippen LogP contribution is 2.21. The van der Waals surface area contributed by atoms with Crippen LogP contribution in [0.3, 0.4) is 0 Å². The number of alkyl halides is 3. The molecule has 1 heterocycles. The van der Waals surface area contributed by atoms with Gasteiger partial charge in [-0.3, -0.25) is 0 Å². The minimum Gasteiger partial charge on any atom is -0.230 e. The third-order valence-electron chi connectivity index (χ3n) is 1.35. The Labute approximate surface area is 62.7 Å². The standard InChI is InChI=1S/C5H8ClF2NO/c6-4-2-1-3-9(4)10-5(7)8/h4-5H,1-3H2. The lowest BCUT2D eigenvalue weighted by Gasteiger charge is -2.17. The maximum atomic E-state index is 11.5. The molecule has 1 saturated heterocycles. The monoisotopic (exact) mass is 171 g/mol. The Balaban J connectivity index is 2.26. The molecule has 1 aliphatic rings. The fraction of sp³-hybridized carbons (Fsp3) is 1.00. The van der Waals surface area contributed by atoms with E-state index in [-0.39, 0.29) is 5.50 Å². The van der Waals surface area contributed by atoms with Gasteiger partial charge in [0.1, 0.15) is 5.50 Å². The molecule has 0 bridgehead atoms. The molecular formula is C5H8ClF2NO. The van der Waals surface area contributed by atoms with Crippen molar-refractivity contribution in [1.29, 1.82) is 0 Å². The van der Waals surface area contributed by atoms with Crippen LogP contribution < -0.4 is 0 Å². The molecule has 2 nitrogen and oxygen atoms in total. The van der Waals surface area contributed by atoms with Crippen LogP contribution in [-0.4, -0.2) is 23.7 Å². The molecule has 1 aliphatic heterocycles. The fourth-order valence-electron chi connectivity index (χ4n) is 0.921. The number of halogens is 3. The van der Waals surface area contributed by atoms with E-state index in [1.807, 2.05) is 0 Å². The summed E-state index contributed by atoms with van der Waals surface area (Å²) in [5.74, 6) is 0. The molecule has 0 saturated carbocycles. The highest BCUT2D eigenvalue weighted by Gasteiger charge is 2.25. The third kappa shape index (κ3) is 2.04. The number of hydrogen-bond donors (Lipinski definition) is 0. The van der Waals surface area contributed by atoms with Crippen LogP contribution in [0, 0.1) is 0 Å². The molecular weight excluding hydrogens is 164 g/mol. The summed E-state index contributed by atoms with van der Waals surface area (Å²) in [4.78, 5) is 4.09. The predicted octanol–water partition coefficient (Wildman–Crippen LogP) is 1.80. The van der Waals surface area contributed by atoms with Gasteiger partial charge in [0.15, 0.2) is 0 Å². The molecule has 5 heteroatoms. The third-order valence-corrected chi connectivity index (χ3v) is 1.78. The molecule has 0 spiro atoms. The molecule has 0 aromatic rings. The summed E-state index contributed by atoms with van der Waals surface area (Å²) in [6, 6.07) is 0. The SMILES string of the molecule is FC(F)ON1CCCC1Cl. The van der Waals surface area contributed by atoms with Crippen LogP contribution in [0.1, 0.15) is 12.8 Å². The van der Waals surface area contributed by atoms with Crippen molar-refractivity contribution in [3.63, 3.8) is 0 Å². The molecule has 1 rings (SSSR count). The molecule has 1 atom stereocenters. The normalized spacial score (nSPS) is 28.2. The summed E-state index contributed by atoms with van der Waals surface area (Å²) in [5.41, 5.74) is -0.381. The fourth-order valence-corrected chi connectivity index (χ4v) is 1.22. The van der Waals surface area contributed by atoms with Crippen LogP contribution in [0.4, 0.5) is 8.78 Å². The Bertz CT molecular complexity index is 114. The van der Waals surface area contributed by atoms with Crippen molar-refractivity contribution in [2.45, 2.75) is 25.0 Å². The van der Waals surface area contributed by atoms with E-state index in [1.54, 1.807) is 0 Å². The second-order valence-corrected chi connectivity index (χ2v) is 2.59. The number of rotatable bonds is 2. The number of nitrogens with zero attached hydrogens (tertiary/aromatic N) is 1. The minimum absolute atomic E-state index is 0.381. The van der Waals surface area contributed by atoms with Crippen molar-refractivity contribution in [3.8, 4) is 0 Å². The van der Waals surface area contributed by atoms with Crippen LogP contribution in [0.25, 0.3) is 0 Å². The average molecular weight is 172 g/mol. The Morgan fingerprint density at radius 2 is 2.30 bits per heavy atom. The van der Waals surface area contributed by atoms with E-state index in [9.17, 15) is 8.78 Å². The maximum absolute atomic E-state index is 11.5. The zero-order valence-electron chi connectivity index (χ0n) is 5.27. The largest absolute Gasteiger partial charge is 0.360 e. The first-order valence-corrected chi connectivity index (χ1v) is 3.49. The van der Waals surface area contributed by atoms with Crippen LogP contribution >= 0.6 is 11.6 Å². The van der Waals surface area contributed by atoms with Gasteiger partial charge in [0, 0.05) is 6.54 Å². The topological polar surface area (TPSA) is 12.5 Å². The van der Waals surface area contributed by atoms with Crippen molar-refractivity contribution in [1.82, 2.24) is 5.06 Å². The van der Waals surface area contributed by atoms with Crippen LogP contribution in [0.2, 0.25) is 0 Å². The molecule has 0 amide bonds. The van der Waals surface area contributed by atoms with E-state index in [4.69, 9.17) is 11.6 Å². The summed E-state index contributed by atoms with van der Waals surface area (Å²) < 4.78 is 23.1. The lowest BCUT2D eigenvalue weighted by molar-refractivity contribution is -0.279. The van der Waals surface area contributed by atoms with Gasteiger partial charge in [-0.1, -0.05) is 0 Å². The van der Waals surface area contributed by atoms with Gasteiger partial charge in [-0.25, -0.2) is 4.84 Å². The first kappa shape index (κ1) is 8.17. The van der Waals surface area contributed by atoms with Gasteiger partial charge in [-0.2, -0.15) is 13.8 Å². The second kappa shape index (κ2) is 3.46. The lowest BCUT2D eigenvalue weighted by atomic mass is 10.4. The zero-order chi connectivity index (χ0) is 7.56. The molecule has 1 unspecified atom stereocenters. The van der Waals surface area contributed by atoms with Crippen molar-refractivity contribution >= 4 is 11.6 Å². The van der Waals surface area contributed by atoms with E-state index < -0.39 is 6.61 Å². The molecule has 0 aliphatic carbocycles. The maximum Gasteiger partial charge on any atom is 0.360 e. The van der Waals surface area contributed by atoms with E-state index >= 15 is 0 Å². The Morgan fingerprint density at radius 3 is 2.70 bits per heavy atom. The molecule has 0 radical (unpaired) electrons. The Morgan fingerprint density at radius 1 is 1.60 bits per heavy atom. The van der Waals surface area contributed by atoms with Crippen molar-refractivity contribution in [3.05, 3.63) is 0 Å². The molecule has 60 valence electrons. The minimum atomic E-state index is -2.75. The van der Waals surface area contributed by atoms with Gasteiger partial charge < -0.3 is 0 Å². The second-order valence-electron chi connectivity index (χ2n) is 2.08. The molecule has 0 N–H and O–H groups in total. The van der Waals surface area contributed by atoms with Gasteiger partial charge in [0.2, 0.25) is 0 Å². The van der Waals surface area contributed by atoms with Crippen LogP contribution in [0.15, 0.2) is 0 Å². The summed E-state index contributed by atoms with van der Waals surface area (Å²) in [5, 5.41) is 1.12. The molecule has 0 aromatic carbocycles. The molecule has 0 aromatic heterocycles. The molecule has 10 heavy (non-hydrogen) atoms. The number of hydrogen-bond acceptors (Lipinski definition) is 2. The predicted molar refractivity (Wildman–Crippen MR) is 32.7 cm³/mol. The van der Waals surface area contributed by atoms with Crippen molar-refractivity contribution < 1.29 is 13.6 Å². The van der Waals surface area contributed by atoms with Crippen LogP contribution in [-0.2, 0) is 4.84 Å². The van der Waals surface area contributed by atoms with E-state index in [2.05, 4.69) is 4.84 Å². The van der Waals surface area contributed by atoms with E-state index in [0.29, 0.717) is 13.0 Å². The smallest absolute Gasteiger partial charge is 0.230 e. The van der Waals surface area contributed by atoms with E-state index in [0.717, 1.165) is 11.5 Å². The molecule has 1 fully saturated rings. The highest BCUT2D eigenvalue weighted by molar-refractivity contribution is 6.20. The average Bonchev–Trinajstić information content (AvgIpc) is 2.15. The Hall–Kier alpha value is 0.0700. The van der Waals surface area contributed by atoms with Gasteiger partial charge >= 0.3 is 6.61 Å². The lowest BCUT2D eigenvalue weighted by Crippen LogP contribution is -2.27. The summed E-state index contributed by atoms with van der Waals surface area (Å²) in [7, 11) is 0. The quantitative estimate of drug-likeness (QED) is 0.464. The van der Waals surface area contributed by atoms with Gasteiger partial charge in [0.05, 0.1) is 0 Å². The highest BCUT2D eigenvalue weighted by atomic mass is 35.5. The first-order chi connectivity index (χ1) is 4.70. The van der Waals surface area contributed by atoms with E-state index in [1.165, 1.54) is 0 Å². The summed E-state index contributed by atoms with van der Waals surface area (Å²) >= 11 is 5.59. The van der Waals surface area contributed by atoms with Crippen molar-refractivity contribution in [2.75, 3.05) is 6.54 Å². The summed E-state index contributed by atoms with van der Waals surface area (Å²) in [6.45, 7) is -2.25. The van der Waals surface area contributed by atoms with Crippen molar-refractivity contribution in [2.24, 2.45) is 0 Å². The van der Waals surface area contributed by atoms with Gasteiger partial charge in [-0.05, 0) is 12.8 Å². The van der Waals surface area contributed by atoms with Crippen LogP contribution in [0.5, 0.6) is 0 Å². The number of hydroxylamine groups is 2. The Kier molecular flexibility index (Phi) is 2.82. The first-order valence-electron chi connectivity index (χ1n) is 3.06. The van der Waals surface area contributed by atoms with Gasteiger partial charge in [-0.15, -0.1) is 11.6 Å².